The molecule has 1 aromatic carbocycles. The molecule has 0 amide bonds. The summed E-state index contributed by atoms with van der Waals surface area (Å²) in [5.41, 5.74) is 5.73. The zero-order chi connectivity index (χ0) is 13.4. The van der Waals surface area contributed by atoms with Crippen LogP contribution in [0.25, 0.3) is 10.9 Å². The number of benzene rings is 1. The van der Waals surface area contributed by atoms with Crippen molar-refractivity contribution >= 4 is 22.5 Å². The number of nitriles is 1. The molecule has 0 unspecified atom stereocenters. The van der Waals surface area contributed by atoms with Crippen LogP contribution in [0.2, 0.25) is 5.02 Å². The third-order valence-electron chi connectivity index (χ3n) is 3.90. The standard InChI is InChI=1S/C16H15ClN2/c1-10-8-11(17)9-14-12(6-7-18)13-4-2-3-5-15(13)19-16(10)14/h8-9H,2-6H2,1H3. The lowest BCUT2D eigenvalue weighted by Crippen LogP contribution is -2.10. The van der Waals surface area contributed by atoms with Gasteiger partial charge in [0.15, 0.2) is 0 Å². The van der Waals surface area contributed by atoms with Crippen LogP contribution in [-0.2, 0) is 19.3 Å². The van der Waals surface area contributed by atoms with Crippen LogP contribution in [0.3, 0.4) is 0 Å². The molecule has 0 aliphatic heterocycles. The lowest BCUT2D eigenvalue weighted by Gasteiger charge is -2.20. The summed E-state index contributed by atoms with van der Waals surface area (Å²) in [4.78, 5) is 4.83. The number of aromatic nitrogens is 1. The number of hydrogen-bond donors (Lipinski definition) is 0. The molecule has 0 saturated carbocycles. The van der Waals surface area contributed by atoms with Crippen molar-refractivity contribution in [2.75, 3.05) is 0 Å². The third kappa shape index (κ3) is 2.09. The van der Waals surface area contributed by atoms with E-state index < -0.39 is 0 Å². The SMILES string of the molecule is Cc1cc(Cl)cc2c(CC#N)c3c(nc12)CCCC3. The number of nitrogens with zero attached hydrogens (tertiary/aromatic N) is 2. The minimum Gasteiger partial charge on any atom is -0.252 e. The van der Waals surface area contributed by atoms with Gasteiger partial charge in [-0.2, -0.15) is 5.26 Å². The predicted octanol–water partition coefficient (Wildman–Crippen LogP) is 4.14. The second kappa shape index (κ2) is 4.83. The fraction of sp³-hybridized carbons (Fsp3) is 0.375. The number of fused-ring (bicyclic) bond motifs is 2. The van der Waals surface area contributed by atoms with Crippen molar-refractivity contribution in [1.29, 1.82) is 5.26 Å². The Kier molecular flexibility index (Phi) is 3.16. The maximum absolute atomic E-state index is 9.12. The van der Waals surface area contributed by atoms with E-state index in [1.807, 2.05) is 19.1 Å². The van der Waals surface area contributed by atoms with E-state index in [2.05, 4.69) is 6.07 Å². The van der Waals surface area contributed by atoms with E-state index in [0.29, 0.717) is 6.42 Å². The molecule has 96 valence electrons. The van der Waals surface area contributed by atoms with Crippen molar-refractivity contribution < 1.29 is 0 Å². The molecule has 0 radical (unpaired) electrons. The molecule has 0 atom stereocenters. The molecule has 1 aromatic heterocycles. The van der Waals surface area contributed by atoms with Crippen molar-refractivity contribution in [3.05, 3.63) is 39.5 Å². The molecule has 0 bridgehead atoms. The average molecular weight is 271 g/mol. The van der Waals surface area contributed by atoms with Gasteiger partial charge in [0.25, 0.3) is 0 Å². The number of halogens is 1. The first kappa shape index (κ1) is 12.4. The lowest BCUT2D eigenvalue weighted by molar-refractivity contribution is 0.666. The zero-order valence-corrected chi connectivity index (χ0v) is 11.7. The van der Waals surface area contributed by atoms with Gasteiger partial charge in [0, 0.05) is 16.1 Å². The molecular weight excluding hydrogens is 256 g/mol. The van der Waals surface area contributed by atoms with Crippen LogP contribution in [0.4, 0.5) is 0 Å². The fourth-order valence-corrected chi connectivity index (χ4v) is 3.30. The molecule has 2 nitrogen and oxygen atoms in total. The predicted molar refractivity (Wildman–Crippen MR) is 77.4 cm³/mol. The fourth-order valence-electron chi connectivity index (χ4n) is 3.03. The number of pyridine rings is 1. The summed E-state index contributed by atoms with van der Waals surface area (Å²) < 4.78 is 0. The van der Waals surface area contributed by atoms with Gasteiger partial charge in [0.2, 0.25) is 0 Å². The highest BCUT2D eigenvalue weighted by Gasteiger charge is 2.18. The van der Waals surface area contributed by atoms with Crippen LogP contribution >= 0.6 is 11.6 Å². The average Bonchev–Trinajstić information content (AvgIpc) is 2.40. The third-order valence-corrected chi connectivity index (χ3v) is 4.11. The normalized spacial score (nSPS) is 14.2. The molecule has 0 spiro atoms. The van der Waals surface area contributed by atoms with E-state index in [4.69, 9.17) is 21.8 Å². The van der Waals surface area contributed by atoms with Gasteiger partial charge < -0.3 is 0 Å². The highest BCUT2D eigenvalue weighted by atomic mass is 35.5. The van der Waals surface area contributed by atoms with Crippen LogP contribution in [0.5, 0.6) is 0 Å². The van der Waals surface area contributed by atoms with Gasteiger partial charge in [-0.05, 0) is 61.4 Å². The van der Waals surface area contributed by atoms with E-state index in [1.165, 1.54) is 24.1 Å². The minimum atomic E-state index is 0.446. The van der Waals surface area contributed by atoms with Crippen molar-refractivity contribution in [3.8, 4) is 6.07 Å². The first-order valence-corrected chi connectivity index (χ1v) is 7.06. The summed E-state index contributed by atoms with van der Waals surface area (Å²) in [5.74, 6) is 0. The summed E-state index contributed by atoms with van der Waals surface area (Å²) >= 11 is 6.17. The van der Waals surface area contributed by atoms with Gasteiger partial charge in [-0.25, -0.2) is 0 Å². The molecule has 0 fully saturated rings. The monoisotopic (exact) mass is 270 g/mol. The number of hydrogen-bond acceptors (Lipinski definition) is 2. The Bertz CT molecular complexity index is 698. The Labute approximate surface area is 118 Å². The van der Waals surface area contributed by atoms with Gasteiger partial charge in [-0.3, -0.25) is 4.98 Å². The van der Waals surface area contributed by atoms with Gasteiger partial charge >= 0.3 is 0 Å². The quantitative estimate of drug-likeness (QED) is 0.781. The van der Waals surface area contributed by atoms with Gasteiger partial charge in [-0.1, -0.05) is 11.6 Å². The summed E-state index contributed by atoms with van der Waals surface area (Å²) in [5, 5.41) is 10.9. The molecule has 19 heavy (non-hydrogen) atoms. The Balaban J connectivity index is 2.39. The largest absolute Gasteiger partial charge is 0.252 e. The number of rotatable bonds is 1. The van der Waals surface area contributed by atoms with Crippen molar-refractivity contribution in [2.24, 2.45) is 0 Å². The van der Waals surface area contributed by atoms with Crippen LogP contribution in [0.15, 0.2) is 12.1 Å². The topological polar surface area (TPSA) is 36.7 Å². The molecule has 0 saturated heterocycles. The summed E-state index contributed by atoms with van der Waals surface area (Å²) in [6.45, 7) is 2.03. The second-order valence-electron chi connectivity index (χ2n) is 5.18. The summed E-state index contributed by atoms with van der Waals surface area (Å²) in [7, 11) is 0. The molecule has 3 rings (SSSR count). The van der Waals surface area contributed by atoms with Gasteiger partial charge in [0.1, 0.15) is 0 Å². The summed E-state index contributed by atoms with van der Waals surface area (Å²) in [6.07, 6.45) is 4.91. The first-order valence-electron chi connectivity index (χ1n) is 6.68. The van der Waals surface area contributed by atoms with Crippen LogP contribution in [0.1, 0.15) is 35.2 Å². The Hall–Kier alpha value is -1.59. The number of aryl methyl sites for hydroxylation is 2. The minimum absolute atomic E-state index is 0.446. The molecule has 0 N–H and O–H groups in total. The van der Waals surface area contributed by atoms with E-state index >= 15 is 0 Å². The Morgan fingerprint density at radius 2 is 2.11 bits per heavy atom. The van der Waals surface area contributed by atoms with Crippen LogP contribution in [-0.4, -0.2) is 4.98 Å². The van der Waals surface area contributed by atoms with E-state index in [-0.39, 0.29) is 0 Å². The van der Waals surface area contributed by atoms with Crippen LogP contribution < -0.4 is 0 Å². The summed E-state index contributed by atoms with van der Waals surface area (Å²) in [6, 6.07) is 6.20. The van der Waals surface area contributed by atoms with Gasteiger partial charge in [-0.15, -0.1) is 0 Å². The molecule has 1 aliphatic rings. The van der Waals surface area contributed by atoms with Crippen molar-refractivity contribution in [1.82, 2.24) is 4.98 Å². The Morgan fingerprint density at radius 3 is 2.89 bits per heavy atom. The maximum atomic E-state index is 9.12. The molecule has 2 aromatic rings. The molecule has 3 heteroatoms. The van der Waals surface area contributed by atoms with Crippen molar-refractivity contribution in [2.45, 2.75) is 39.0 Å². The highest BCUT2D eigenvalue weighted by Crippen LogP contribution is 2.32. The maximum Gasteiger partial charge on any atom is 0.0738 e. The smallest absolute Gasteiger partial charge is 0.0738 e. The van der Waals surface area contributed by atoms with Gasteiger partial charge in [0.05, 0.1) is 18.0 Å². The second-order valence-corrected chi connectivity index (χ2v) is 5.61. The molecule has 1 heterocycles. The highest BCUT2D eigenvalue weighted by molar-refractivity contribution is 6.31. The molecular formula is C16H15ClN2. The van der Waals surface area contributed by atoms with E-state index in [0.717, 1.165) is 39.9 Å². The molecule has 1 aliphatic carbocycles. The van der Waals surface area contributed by atoms with E-state index in [9.17, 15) is 0 Å². The van der Waals surface area contributed by atoms with Crippen molar-refractivity contribution in [3.63, 3.8) is 0 Å². The first-order chi connectivity index (χ1) is 9.20. The lowest BCUT2D eigenvalue weighted by atomic mass is 9.88. The van der Waals surface area contributed by atoms with E-state index in [1.54, 1.807) is 0 Å². The zero-order valence-electron chi connectivity index (χ0n) is 11.0. The van der Waals surface area contributed by atoms with Crippen LogP contribution in [0, 0.1) is 18.3 Å². The Morgan fingerprint density at radius 1 is 1.32 bits per heavy atom.